The number of aromatic nitrogens is 1. The van der Waals surface area contributed by atoms with Gasteiger partial charge in [0.2, 0.25) is 0 Å². The van der Waals surface area contributed by atoms with Crippen LogP contribution in [0.1, 0.15) is 22.8 Å². The lowest BCUT2D eigenvalue weighted by Gasteiger charge is -2.07. The summed E-state index contributed by atoms with van der Waals surface area (Å²) in [5.41, 5.74) is 2.62. The van der Waals surface area contributed by atoms with E-state index in [9.17, 15) is 9.59 Å². The third kappa shape index (κ3) is 2.76. The van der Waals surface area contributed by atoms with Crippen LogP contribution in [-0.4, -0.2) is 16.8 Å². The van der Waals surface area contributed by atoms with E-state index < -0.39 is 0 Å². The molecule has 1 heterocycles. The van der Waals surface area contributed by atoms with Crippen molar-refractivity contribution in [3.05, 3.63) is 65.9 Å². The molecular formula is C18H15NO3. The summed E-state index contributed by atoms with van der Waals surface area (Å²) in [5, 5.41) is 0.849. The van der Waals surface area contributed by atoms with Crippen LogP contribution < -0.4 is 4.74 Å². The molecule has 0 aliphatic rings. The van der Waals surface area contributed by atoms with Gasteiger partial charge in [0.1, 0.15) is 5.75 Å². The van der Waals surface area contributed by atoms with E-state index >= 15 is 0 Å². The number of ether oxygens (including phenoxy) is 1. The fourth-order valence-electron chi connectivity index (χ4n) is 2.53. The SMILES string of the molecule is CC(=O)Oc1ccc2c(C=O)cn(Cc3ccccc3)c2c1. The van der Waals surface area contributed by atoms with Crippen LogP contribution in [0, 0.1) is 0 Å². The van der Waals surface area contributed by atoms with Crippen LogP contribution in [0.4, 0.5) is 0 Å². The topological polar surface area (TPSA) is 48.3 Å². The highest BCUT2D eigenvalue weighted by Crippen LogP contribution is 2.26. The average molecular weight is 293 g/mol. The lowest BCUT2D eigenvalue weighted by molar-refractivity contribution is -0.131. The largest absolute Gasteiger partial charge is 0.427 e. The molecule has 0 atom stereocenters. The van der Waals surface area contributed by atoms with Crippen molar-refractivity contribution in [2.45, 2.75) is 13.5 Å². The molecule has 1 aromatic heterocycles. The maximum atomic E-state index is 11.3. The second-order valence-corrected chi connectivity index (χ2v) is 5.09. The molecule has 0 saturated heterocycles. The number of rotatable bonds is 4. The molecule has 0 spiro atoms. The first kappa shape index (κ1) is 14.1. The van der Waals surface area contributed by atoms with Gasteiger partial charge in [-0.15, -0.1) is 0 Å². The zero-order valence-corrected chi connectivity index (χ0v) is 12.2. The predicted molar refractivity (Wildman–Crippen MR) is 84.2 cm³/mol. The summed E-state index contributed by atoms with van der Waals surface area (Å²) in [4.78, 5) is 22.4. The van der Waals surface area contributed by atoms with E-state index in [4.69, 9.17) is 4.74 Å². The number of carbonyl (C=O) groups excluding carboxylic acids is 2. The number of fused-ring (bicyclic) bond motifs is 1. The molecule has 4 heteroatoms. The summed E-state index contributed by atoms with van der Waals surface area (Å²) < 4.78 is 7.12. The van der Waals surface area contributed by atoms with Crippen LogP contribution >= 0.6 is 0 Å². The minimum Gasteiger partial charge on any atom is -0.427 e. The Hall–Kier alpha value is -2.88. The van der Waals surface area contributed by atoms with Gasteiger partial charge in [-0.25, -0.2) is 0 Å². The summed E-state index contributed by atoms with van der Waals surface area (Å²) >= 11 is 0. The van der Waals surface area contributed by atoms with Crippen LogP contribution in [0.25, 0.3) is 10.9 Å². The van der Waals surface area contributed by atoms with Crippen LogP contribution in [0.2, 0.25) is 0 Å². The van der Waals surface area contributed by atoms with Crippen LogP contribution in [0.15, 0.2) is 54.7 Å². The smallest absolute Gasteiger partial charge is 0.308 e. The fourth-order valence-corrected chi connectivity index (χ4v) is 2.53. The quantitative estimate of drug-likeness (QED) is 0.420. The molecule has 0 amide bonds. The van der Waals surface area contributed by atoms with E-state index in [0.717, 1.165) is 22.8 Å². The second kappa shape index (κ2) is 5.85. The Balaban J connectivity index is 2.07. The maximum Gasteiger partial charge on any atom is 0.308 e. The molecular weight excluding hydrogens is 278 g/mol. The molecule has 3 rings (SSSR count). The molecule has 0 aliphatic heterocycles. The standard InChI is InChI=1S/C18H15NO3/c1-13(21)22-16-7-8-17-15(12-20)11-19(18(17)9-16)10-14-5-3-2-4-6-14/h2-9,11-12H,10H2,1H3. The Bertz CT molecular complexity index is 834. The molecule has 0 unspecified atom stereocenters. The first-order valence-corrected chi connectivity index (χ1v) is 6.98. The van der Waals surface area contributed by atoms with E-state index in [1.54, 1.807) is 18.2 Å². The van der Waals surface area contributed by atoms with Crippen molar-refractivity contribution in [2.75, 3.05) is 0 Å². The van der Waals surface area contributed by atoms with Gasteiger partial charge >= 0.3 is 5.97 Å². The Labute approximate surface area is 127 Å². The van der Waals surface area contributed by atoms with Crippen LogP contribution in [0.5, 0.6) is 5.75 Å². The number of aldehydes is 1. The van der Waals surface area contributed by atoms with E-state index in [0.29, 0.717) is 17.9 Å². The maximum absolute atomic E-state index is 11.3. The number of esters is 1. The first-order valence-electron chi connectivity index (χ1n) is 6.98. The van der Waals surface area contributed by atoms with Gasteiger partial charge in [-0.2, -0.15) is 0 Å². The molecule has 0 saturated carbocycles. The Morgan fingerprint density at radius 2 is 1.95 bits per heavy atom. The summed E-state index contributed by atoms with van der Waals surface area (Å²) in [7, 11) is 0. The van der Waals surface area contributed by atoms with Crippen molar-refractivity contribution in [1.29, 1.82) is 0 Å². The van der Waals surface area contributed by atoms with Gasteiger partial charge in [0.15, 0.2) is 6.29 Å². The predicted octanol–water partition coefficient (Wildman–Crippen LogP) is 3.43. The summed E-state index contributed by atoms with van der Waals surface area (Å²) in [6, 6.07) is 15.3. The molecule has 0 aliphatic carbocycles. The molecule has 4 nitrogen and oxygen atoms in total. The van der Waals surface area contributed by atoms with E-state index in [-0.39, 0.29) is 5.97 Å². The summed E-state index contributed by atoms with van der Waals surface area (Å²) in [5.74, 6) is 0.112. The molecule has 0 fully saturated rings. The first-order chi connectivity index (χ1) is 10.7. The van der Waals surface area contributed by atoms with Crippen molar-refractivity contribution in [2.24, 2.45) is 0 Å². The van der Waals surface area contributed by atoms with Gasteiger partial charge in [0.05, 0.1) is 5.52 Å². The van der Waals surface area contributed by atoms with Gasteiger partial charge in [-0.1, -0.05) is 30.3 Å². The van der Waals surface area contributed by atoms with E-state index in [2.05, 4.69) is 0 Å². The number of nitrogens with zero attached hydrogens (tertiary/aromatic N) is 1. The van der Waals surface area contributed by atoms with Gasteiger partial charge < -0.3 is 9.30 Å². The molecule has 3 aromatic rings. The molecule has 0 bridgehead atoms. The van der Waals surface area contributed by atoms with Crippen molar-refractivity contribution in [3.63, 3.8) is 0 Å². The highest BCUT2D eigenvalue weighted by molar-refractivity contribution is 5.98. The fraction of sp³-hybridized carbons (Fsp3) is 0.111. The lowest BCUT2D eigenvalue weighted by Crippen LogP contribution is -2.02. The normalized spacial score (nSPS) is 10.6. The lowest BCUT2D eigenvalue weighted by atomic mass is 10.2. The molecule has 110 valence electrons. The third-order valence-corrected chi connectivity index (χ3v) is 3.47. The van der Waals surface area contributed by atoms with Crippen LogP contribution in [0.3, 0.4) is 0 Å². The van der Waals surface area contributed by atoms with Gasteiger partial charge in [0.25, 0.3) is 0 Å². The van der Waals surface area contributed by atoms with E-state index in [1.807, 2.05) is 41.1 Å². The number of carbonyl (C=O) groups is 2. The Morgan fingerprint density at radius 1 is 1.18 bits per heavy atom. The molecule has 22 heavy (non-hydrogen) atoms. The number of benzene rings is 2. The minimum absolute atomic E-state index is 0.365. The monoisotopic (exact) mass is 293 g/mol. The molecule has 2 aromatic carbocycles. The van der Waals surface area contributed by atoms with Gasteiger partial charge in [-0.3, -0.25) is 9.59 Å². The van der Waals surface area contributed by atoms with Crippen molar-refractivity contribution in [3.8, 4) is 5.75 Å². The average Bonchev–Trinajstić information content (AvgIpc) is 2.85. The van der Waals surface area contributed by atoms with E-state index in [1.165, 1.54) is 6.92 Å². The van der Waals surface area contributed by atoms with Crippen molar-refractivity contribution >= 4 is 23.2 Å². The van der Waals surface area contributed by atoms with Crippen molar-refractivity contribution in [1.82, 2.24) is 4.57 Å². The molecule has 0 N–H and O–H groups in total. The summed E-state index contributed by atoms with van der Waals surface area (Å²) in [6.07, 6.45) is 2.66. The zero-order valence-electron chi connectivity index (χ0n) is 12.2. The van der Waals surface area contributed by atoms with Gasteiger partial charge in [-0.05, 0) is 17.7 Å². The number of hydrogen-bond acceptors (Lipinski definition) is 3. The van der Waals surface area contributed by atoms with Gasteiger partial charge in [0, 0.05) is 36.7 Å². The highest BCUT2D eigenvalue weighted by atomic mass is 16.5. The number of hydrogen-bond donors (Lipinski definition) is 0. The van der Waals surface area contributed by atoms with Crippen LogP contribution in [-0.2, 0) is 11.3 Å². The zero-order chi connectivity index (χ0) is 15.5. The summed E-state index contributed by atoms with van der Waals surface area (Å²) in [6.45, 7) is 2.01. The second-order valence-electron chi connectivity index (χ2n) is 5.09. The Morgan fingerprint density at radius 3 is 2.64 bits per heavy atom. The van der Waals surface area contributed by atoms with Crippen molar-refractivity contribution < 1.29 is 14.3 Å². The molecule has 0 radical (unpaired) electrons. The third-order valence-electron chi connectivity index (χ3n) is 3.47. The minimum atomic E-state index is -0.365. The Kier molecular flexibility index (Phi) is 3.74. The highest BCUT2D eigenvalue weighted by Gasteiger charge is 2.10.